The van der Waals surface area contributed by atoms with Crippen LogP contribution >= 0.6 is 0 Å². The van der Waals surface area contributed by atoms with Crippen molar-refractivity contribution >= 4 is 11.8 Å². The fourth-order valence-corrected chi connectivity index (χ4v) is 6.03. The third-order valence-electron chi connectivity index (χ3n) is 7.97. The summed E-state index contributed by atoms with van der Waals surface area (Å²) in [6, 6.07) is 16.3. The van der Waals surface area contributed by atoms with Gasteiger partial charge in [0, 0.05) is 25.6 Å². The second kappa shape index (κ2) is 10.4. The molecule has 37 heavy (non-hydrogen) atoms. The van der Waals surface area contributed by atoms with Crippen molar-refractivity contribution in [1.29, 1.82) is 0 Å². The maximum Gasteiger partial charge on any atom is 0.275 e. The molecule has 2 aliphatic heterocycles. The summed E-state index contributed by atoms with van der Waals surface area (Å²) in [6.45, 7) is 2.41. The van der Waals surface area contributed by atoms with Crippen LogP contribution in [0.4, 0.5) is 0 Å². The topological polar surface area (TPSA) is 75.9 Å². The molecule has 1 aliphatic carbocycles. The molecular formula is C30H33N3O4. The van der Waals surface area contributed by atoms with Gasteiger partial charge in [0.05, 0.1) is 6.04 Å². The van der Waals surface area contributed by atoms with Crippen LogP contribution in [-0.4, -0.2) is 46.2 Å². The Morgan fingerprint density at radius 1 is 0.973 bits per heavy atom. The molecule has 1 unspecified atom stereocenters. The van der Waals surface area contributed by atoms with Crippen LogP contribution in [0.1, 0.15) is 77.6 Å². The van der Waals surface area contributed by atoms with E-state index >= 15 is 0 Å². The van der Waals surface area contributed by atoms with Crippen LogP contribution in [-0.2, 0) is 17.8 Å². The Kier molecular flexibility index (Phi) is 6.68. The molecule has 7 heteroatoms. The fraction of sp³-hybridized carbons (Fsp3) is 0.433. The molecule has 2 amide bonds. The second-order valence-corrected chi connectivity index (χ2v) is 10.4. The maximum absolute atomic E-state index is 13.6. The molecule has 0 radical (unpaired) electrons. The monoisotopic (exact) mass is 499 g/mol. The Hall–Kier alpha value is -3.61. The van der Waals surface area contributed by atoms with E-state index in [0.717, 1.165) is 75.7 Å². The summed E-state index contributed by atoms with van der Waals surface area (Å²) in [5.74, 6) is 1.39. The van der Waals surface area contributed by atoms with Crippen molar-refractivity contribution in [2.45, 2.75) is 57.6 Å². The Labute approximate surface area is 217 Å². The normalized spacial score (nSPS) is 19.7. The van der Waals surface area contributed by atoms with Gasteiger partial charge in [-0.25, -0.2) is 4.98 Å². The minimum Gasteiger partial charge on any atom is -0.484 e. The molecule has 1 aromatic heterocycles. The van der Waals surface area contributed by atoms with E-state index in [-0.39, 0.29) is 30.4 Å². The minimum absolute atomic E-state index is 0.0843. The zero-order valence-corrected chi connectivity index (χ0v) is 21.1. The number of amides is 2. The van der Waals surface area contributed by atoms with Gasteiger partial charge in [0.25, 0.3) is 5.91 Å². The number of carbonyl (C=O) groups is 2. The van der Waals surface area contributed by atoms with E-state index in [2.05, 4.69) is 34.1 Å². The van der Waals surface area contributed by atoms with E-state index in [4.69, 9.17) is 9.15 Å². The maximum atomic E-state index is 13.6. The highest BCUT2D eigenvalue weighted by Gasteiger charge is 2.36. The van der Waals surface area contributed by atoms with Crippen molar-refractivity contribution in [3.63, 3.8) is 0 Å². The molecule has 3 aromatic rings. The lowest BCUT2D eigenvalue weighted by Gasteiger charge is -2.39. The number of benzene rings is 2. The van der Waals surface area contributed by atoms with Crippen molar-refractivity contribution in [1.82, 2.24) is 14.8 Å². The van der Waals surface area contributed by atoms with Gasteiger partial charge in [-0.2, -0.15) is 0 Å². The SMILES string of the molecule is O=C(c1coc(COc2ccc3c(c2)C(c2ccccc2)N(C(=O)C2CCCC2)CC3)n1)N1CCCC1. The number of ether oxygens (including phenoxy) is 1. The highest BCUT2D eigenvalue weighted by molar-refractivity contribution is 5.92. The van der Waals surface area contributed by atoms with Gasteiger partial charge in [-0.1, -0.05) is 49.2 Å². The van der Waals surface area contributed by atoms with Crippen LogP contribution in [0, 0.1) is 5.92 Å². The van der Waals surface area contributed by atoms with Gasteiger partial charge in [0.15, 0.2) is 12.3 Å². The number of hydrogen-bond acceptors (Lipinski definition) is 5. The van der Waals surface area contributed by atoms with Crippen molar-refractivity contribution < 1.29 is 18.7 Å². The molecule has 2 aromatic carbocycles. The number of rotatable bonds is 6. The van der Waals surface area contributed by atoms with Crippen LogP contribution in [0.15, 0.2) is 59.2 Å². The molecule has 2 fully saturated rings. The number of likely N-dealkylation sites (tertiary alicyclic amines) is 1. The van der Waals surface area contributed by atoms with Crippen molar-refractivity contribution in [2.24, 2.45) is 5.92 Å². The number of carbonyl (C=O) groups excluding carboxylic acids is 2. The molecule has 0 bridgehead atoms. The Morgan fingerprint density at radius 2 is 1.76 bits per heavy atom. The highest BCUT2D eigenvalue weighted by atomic mass is 16.5. The average Bonchev–Trinajstić information content (AvgIpc) is 3.74. The van der Waals surface area contributed by atoms with E-state index in [0.29, 0.717) is 17.3 Å². The number of nitrogens with zero attached hydrogens (tertiary/aromatic N) is 3. The lowest BCUT2D eigenvalue weighted by molar-refractivity contribution is -0.137. The zero-order valence-electron chi connectivity index (χ0n) is 21.1. The van der Waals surface area contributed by atoms with Crippen molar-refractivity contribution in [3.8, 4) is 5.75 Å². The van der Waals surface area contributed by atoms with Gasteiger partial charge in [-0.05, 0) is 60.9 Å². The number of hydrogen-bond donors (Lipinski definition) is 0. The lowest BCUT2D eigenvalue weighted by Crippen LogP contribution is -2.43. The van der Waals surface area contributed by atoms with Crippen molar-refractivity contribution in [3.05, 3.63) is 83.1 Å². The summed E-state index contributed by atoms with van der Waals surface area (Å²) < 4.78 is 11.6. The summed E-state index contributed by atoms with van der Waals surface area (Å²) in [5, 5.41) is 0. The van der Waals surface area contributed by atoms with Gasteiger partial charge in [0.1, 0.15) is 12.0 Å². The van der Waals surface area contributed by atoms with Gasteiger partial charge in [-0.15, -0.1) is 0 Å². The molecule has 3 heterocycles. The van der Waals surface area contributed by atoms with Gasteiger partial charge < -0.3 is 19.0 Å². The summed E-state index contributed by atoms with van der Waals surface area (Å²) in [5.41, 5.74) is 3.80. The molecule has 1 atom stereocenters. The van der Waals surface area contributed by atoms with Crippen LogP contribution in [0.3, 0.4) is 0 Å². The largest absolute Gasteiger partial charge is 0.484 e. The van der Waals surface area contributed by atoms with E-state index in [1.165, 1.54) is 11.8 Å². The predicted octanol–water partition coefficient (Wildman–Crippen LogP) is 5.15. The fourth-order valence-electron chi connectivity index (χ4n) is 6.03. The summed E-state index contributed by atoms with van der Waals surface area (Å²) in [6.07, 6.45) is 8.58. The van der Waals surface area contributed by atoms with Crippen LogP contribution in [0.2, 0.25) is 0 Å². The van der Waals surface area contributed by atoms with E-state index in [1.54, 1.807) is 0 Å². The second-order valence-electron chi connectivity index (χ2n) is 10.4. The minimum atomic E-state index is -0.131. The summed E-state index contributed by atoms with van der Waals surface area (Å²) in [7, 11) is 0. The third kappa shape index (κ3) is 4.87. The molecule has 1 saturated heterocycles. The van der Waals surface area contributed by atoms with E-state index in [9.17, 15) is 9.59 Å². The average molecular weight is 500 g/mol. The van der Waals surface area contributed by atoms with Gasteiger partial charge >= 0.3 is 0 Å². The molecule has 1 saturated carbocycles. The van der Waals surface area contributed by atoms with Crippen molar-refractivity contribution in [2.75, 3.05) is 19.6 Å². The molecule has 0 spiro atoms. The smallest absolute Gasteiger partial charge is 0.275 e. The zero-order chi connectivity index (χ0) is 25.2. The lowest BCUT2D eigenvalue weighted by atomic mass is 9.87. The molecule has 7 nitrogen and oxygen atoms in total. The number of aromatic nitrogens is 1. The predicted molar refractivity (Wildman–Crippen MR) is 138 cm³/mol. The van der Waals surface area contributed by atoms with Gasteiger partial charge in [-0.3, -0.25) is 9.59 Å². The van der Waals surface area contributed by atoms with E-state index in [1.807, 2.05) is 29.2 Å². The standard InChI is InChI=1S/C30H33N3O4/c34-29(23-10-4-5-11-23)33-17-14-21-12-13-24(18-25(21)28(33)22-8-2-1-3-9-22)36-20-27-31-26(19-37-27)30(35)32-15-6-7-16-32/h1-3,8-9,12-13,18-19,23,28H,4-7,10-11,14-17,20H2. The quantitative estimate of drug-likeness (QED) is 0.469. The molecule has 6 rings (SSSR count). The molecular weight excluding hydrogens is 466 g/mol. The number of fused-ring (bicyclic) bond motifs is 1. The molecule has 192 valence electrons. The van der Waals surface area contributed by atoms with Crippen LogP contribution in [0.25, 0.3) is 0 Å². The Morgan fingerprint density at radius 3 is 2.54 bits per heavy atom. The first kappa shape index (κ1) is 23.8. The summed E-state index contributed by atoms with van der Waals surface area (Å²) >= 11 is 0. The molecule has 3 aliphatic rings. The first-order chi connectivity index (χ1) is 18.2. The first-order valence-corrected chi connectivity index (χ1v) is 13.5. The Bertz CT molecular complexity index is 1260. The Balaban J connectivity index is 1.22. The highest BCUT2D eigenvalue weighted by Crippen LogP contribution is 2.39. The number of oxazole rings is 1. The van der Waals surface area contributed by atoms with Gasteiger partial charge in [0.2, 0.25) is 11.8 Å². The third-order valence-corrected chi connectivity index (χ3v) is 7.97. The first-order valence-electron chi connectivity index (χ1n) is 13.5. The van der Waals surface area contributed by atoms with Crippen LogP contribution < -0.4 is 4.74 Å². The molecule has 0 N–H and O–H groups in total. The summed E-state index contributed by atoms with van der Waals surface area (Å²) in [4.78, 5) is 34.4. The van der Waals surface area contributed by atoms with E-state index < -0.39 is 0 Å². The van der Waals surface area contributed by atoms with Crippen LogP contribution in [0.5, 0.6) is 5.75 Å².